The monoisotopic (exact) mass is 310 g/mol. The molecule has 3 nitrogen and oxygen atoms in total. The molecular weight excluding hydrogens is 292 g/mol. The lowest BCUT2D eigenvalue weighted by atomic mass is 10.0. The number of piperazine rings is 1. The van der Waals surface area contributed by atoms with Crippen LogP contribution in [0.5, 0.6) is 0 Å². The molecule has 1 aromatic carbocycles. The maximum Gasteiger partial charge on any atom is 0.227 e. The standard InChI is InChI=1S/C14H19BrN2O/c1-10-3-4-13(15)7-12(10)8-14(18)17-6-5-16-11(2)9-17/h3-4,7,11,16H,5-6,8-9H2,1-2H3. The number of nitrogens with one attached hydrogen (secondary N) is 1. The molecule has 1 saturated heterocycles. The van der Waals surface area contributed by atoms with E-state index in [1.165, 1.54) is 5.56 Å². The highest BCUT2D eigenvalue weighted by Gasteiger charge is 2.20. The van der Waals surface area contributed by atoms with E-state index in [0.29, 0.717) is 12.5 Å². The minimum Gasteiger partial charge on any atom is -0.340 e. The van der Waals surface area contributed by atoms with E-state index in [9.17, 15) is 4.79 Å². The average Bonchev–Trinajstić information content (AvgIpc) is 2.34. The predicted octanol–water partition coefficient (Wildman–Crippen LogP) is 2.12. The second kappa shape index (κ2) is 5.85. The Labute approximate surface area is 117 Å². The van der Waals surface area contributed by atoms with Gasteiger partial charge in [-0.05, 0) is 37.1 Å². The number of benzene rings is 1. The molecule has 1 amide bonds. The molecule has 0 bridgehead atoms. The van der Waals surface area contributed by atoms with Crippen LogP contribution >= 0.6 is 15.9 Å². The molecular formula is C14H19BrN2O. The Hall–Kier alpha value is -0.870. The third-order valence-corrected chi connectivity index (χ3v) is 3.87. The summed E-state index contributed by atoms with van der Waals surface area (Å²) in [5, 5.41) is 3.35. The van der Waals surface area contributed by atoms with E-state index in [1.54, 1.807) is 0 Å². The lowest BCUT2D eigenvalue weighted by molar-refractivity contribution is -0.131. The van der Waals surface area contributed by atoms with Crippen molar-refractivity contribution in [2.45, 2.75) is 26.3 Å². The van der Waals surface area contributed by atoms with E-state index >= 15 is 0 Å². The lowest BCUT2D eigenvalue weighted by Crippen LogP contribution is -2.51. The van der Waals surface area contributed by atoms with Crippen LogP contribution in [0.2, 0.25) is 0 Å². The molecule has 1 aromatic rings. The number of rotatable bonds is 2. The normalized spacial score (nSPS) is 19.9. The van der Waals surface area contributed by atoms with Gasteiger partial charge < -0.3 is 10.2 Å². The molecule has 1 heterocycles. The molecule has 1 unspecified atom stereocenters. The highest BCUT2D eigenvalue weighted by Crippen LogP contribution is 2.17. The van der Waals surface area contributed by atoms with Gasteiger partial charge in [0.2, 0.25) is 5.91 Å². The molecule has 1 fully saturated rings. The van der Waals surface area contributed by atoms with Crippen LogP contribution in [-0.2, 0) is 11.2 Å². The van der Waals surface area contributed by atoms with Crippen molar-refractivity contribution in [3.63, 3.8) is 0 Å². The summed E-state index contributed by atoms with van der Waals surface area (Å²) in [5.74, 6) is 0.226. The number of nitrogens with zero attached hydrogens (tertiary/aromatic N) is 1. The first-order valence-electron chi connectivity index (χ1n) is 6.32. The van der Waals surface area contributed by atoms with Crippen LogP contribution in [0.15, 0.2) is 22.7 Å². The summed E-state index contributed by atoms with van der Waals surface area (Å²) in [4.78, 5) is 14.2. The Balaban J connectivity index is 2.04. The summed E-state index contributed by atoms with van der Waals surface area (Å²) in [7, 11) is 0. The minimum atomic E-state index is 0.226. The van der Waals surface area contributed by atoms with E-state index in [4.69, 9.17) is 0 Å². The van der Waals surface area contributed by atoms with Crippen molar-refractivity contribution in [1.82, 2.24) is 10.2 Å². The summed E-state index contributed by atoms with van der Waals surface area (Å²) in [6.07, 6.45) is 0.498. The van der Waals surface area contributed by atoms with Crippen LogP contribution in [0.1, 0.15) is 18.1 Å². The van der Waals surface area contributed by atoms with E-state index < -0.39 is 0 Å². The zero-order valence-electron chi connectivity index (χ0n) is 10.9. The number of hydrogen-bond donors (Lipinski definition) is 1. The maximum atomic E-state index is 12.3. The fourth-order valence-electron chi connectivity index (χ4n) is 2.26. The number of carbonyl (C=O) groups excluding carboxylic acids is 1. The molecule has 0 aliphatic carbocycles. The highest BCUT2D eigenvalue weighted by atomic mass is 79.9. The fourth-order valence-corrected chi connectivity index (χ4v) is 2.67. The van der Waals surface area contributed by atoms with Gasteiger partial charge in [-0.3, -0.25) is 4.79 Å². The number of amides is 1. The number of aryl methyl sites for hydroxylation is 1. The van der Waals surface area contributed by atoms with Crippen molar-refractivity contribution < 1.29 is 4.79 Å². The molecule has 98 valence electrons. The second-order valence-electron chi connectivity index (χ2n) is 4.94. The zero-order valence-corrected chi connectivity index (χ0v) is 12.5. The minimum absolute atomic E-state index is 0.226. The van der Waals surface area contributed by atoms with Crippen LogP contribution in [0, 0.1) is 6.92 Å². The number of carbonyl (C=O) groups is 1. The van der Waals surface area contributed by atoms with Gasteiger partial charge in [-0.2, -0.15) is 0 Å². The van der Waals surface area contributed by atoms with Gasteiger partial charge in [-0.25, -0.2) is 0 Å². The SMILES string of the molecule is Cc1ccc(Br)cc1CC(=O)N1CCNC(C)C1. The van der Waals surface area contributed by atoms with E-state index in [0.717, 1.165) is 29.7 Å². The Morgan fingerprint density at radius 3 is 3.06 bits per heavy atom. The van der Waals surface area contributed by atoms with Gasteiger partial charge in [0, 0.05) is 30.1 Å². The van der Waals surface area contributed by atoms with E-state index in [1.807, 2.05) is 23.1 Å². The summed E-state index contributed by atoms with van der Waals surface area (Å²) >= 11 is 3.46. The topological polar surface area (TPSA) is 32.3 Å². The zero-order chi connectivity index (χ0) is 13.1. The molecule has 0 saturated carbocycles. The first-order valence-corrected chi connectivity index (χ1v) is 7.12. The molecule has 0 spiro atoms. The van der Waals surface area contributed by atoms with Gasteiger partial charge in [-0.15, -0.1) is 0 Å². The average molecular weight is 311 g/mol. The number of hydrogen-bond acceptors (Lipinski definition) is 2. The van der Waals surface area contributed by atoms with Crippen LogP contribution in [0.4, 0.5) is 0 Å². The molecule has 1 aliphatic heterocycles. The predicted molar refractivity (Wildman–Crippen MR) is 76.6 cm³/mol. The van der Waals surface area contributed by atoms with Crippen molar-refractivity contribution in [3.05, 3.63) is 33.8 Å². The number of halogens is 1. The van der Waals surface area contributed by atoms with Gasteiger partial charge in [0.15, 0.2) is 0 Å². The van der Waals surface area contributed by atoms with E-state index in [2.05, 4.69) is 35.1 Å². The summed E-state index contributed by atoms with van der Waals surface area (Å²) in [6, 6.07) is 6.49. The van der Waals surface area contributed by atoms with Gasteiger partial charge in [0.25, 0.3) is 0 Å². The van der Waals surface area contributed by atoms with Crippen molar-refractivity contribution >= 4 is 21.8 Å². The van der Waals surface area contributed by atoms with Crippen LogP contribution in [0.3, 0.4) is 0 Å². The van der Waals surface area contributed by atoms with Gasteiger partial charge in [0.05, 0.1) is 6.42 Å². The summed E-state index contributed by atoms with van der Waals surface area (Å²) < 4.78 is 1.03. The van der Waals surface area contributed by atoms with Crippen molar-refractivity contribution in [2.75, 3.05) is 19.6 Å². The summed E-state index contributed by atoms with van der Waals surface area (Å²) in [6.45, 7) is 6.69. The quantitative estimate of drug-likeness (QED) is 0.907. The van der Waals surface area contributed by atoms with Crippen LogP contribution in [-0.4, -0.2) is 36.5 Å². The smallest absolute Gasteiger partial charge is 0.227 e. The molecule has 2 rings (SSSR count). The van der Waals surface area contributed by atoms with Crippen molar-refractivity contribution in [1.29, 1.82) is 0 Å². The molecule has 4 heteroatoms. The molecule has 18 heavy (non-hydrogen) atoms. The molecule has 0 aromatic heterocycles. The molecule has 1 aliphatic rings. The summed E-state index contributed by atoms with van der Waals surface area (Å²) in [5.41, 5.74) is 2.29. The van der Waals surface area contributed by atoms with Gasteiger partial charge >= 0.3 is 0 Å². The second-order valence-corrected chi connectivity index (χ2v) is 5.86. The Morgan fingerprint density at radius 1 is 1.56 bits per heavy atom. The third-order valence-electron chi connectivity index (χ3n) is 3.37. The van der Waals surface area contributed by atoms with Crippen LogP contribution in [0.25, 0.3) is 0 Å². The first-order chi connectivity index (χ1) is 8.56. The largest absolute Gasteiger partial charge is 0.340 e. The van der Waals surface area contributed by atoms with Gasteiger partial charge in [-0.1, -0.05) is 22.0 Å². The maximum absolute atomic E-state index is 12.3. The Bertz CT molecular complexity index is 447. The fraction of sp³-hybridized carbons (Fsp3) is 0.500. The van der Waals surface area contributed by atoms with E-state index in [-0.39, 0.29) is 5.91 Å². The Kier molecular flexibility index (Phi) is 4.40. The first kappa shape index (κ1) is 13.6. The molecule has 0 radical (unpaired) electrons. The van der Waals surface area contributed by atoms with Crippen molar-refractivity contribution in [3.8, 4) is 0 Å². The Morgan fingerprint density at radius 2 is 2.33 bits per heavy atom. The molecule has 1 atom stereocenters. The van der Waals surface area contributed by atoms with Gasteiger partial charge in [0.1, 0.15) is 0 Å². The van der Waals surface area contributed by atoms with Crippen LogP contribution < -0.4 is 5.32 Å². The third kappa shape index (κ3) is 3.33. The van der Waals surface area contributed by atoms with Crippen molar-refractivity contribution in [2.24, 2.45) is 0 Å². The lowest BCUT2D eigenvalue weighted by Gasteiger charge is -2.32. The highest BCUT2D eigenvalue weighted by molar-refractivity contribution is 9.10. The molecule has 1 N–H and O–H groups in total.